The van der Waals surface area contributed by atoms with Crippen molar-refractivity contribution in [2.45, 2.75) is 33.0 Å². The summed E-state index contributed by atoms with van der Waals surface area (Å²) < 4.78 is 1.87. The number of hydrogen-bond acceptors (Lipinski definition) is 5. The van der Waals surface area contributed by atoms with Gasteiger partial charge < -0.3 is 16.0 Å². The van der Waals surface area contributed by atoms with E-state index in [1.807, 2.05) is 60.3 Å². The van der Waals surface area contributed by atoms with Crippen molar-refractivity contribution in [3.63, 3.8) is 0 Å². The maximum atomic E-state index is 13.6. The molecule has 4 rings (SSSR count). The SMILES string of the molecule is CC(C)n1ncc2c(C(=O)N(C)Cc3ccccc3)cc(-c3cccc(CNCCN)c3)nc21. The molecule has 0 radical (unpaired) electrons. The van der Waals surface area contributed by atoms with Gasteiger partial charge >= 0.3 is 0 Å². The van der Waals surface area contributed by atoms with Crippen LogP contribution in [0.3, 0.4) is 0 Å². The highest BCUT2D eigenvalue weighted by atomic mass is 16.2. The average molecular weight is 457 g/mol. The van der Waals surface area contributed by atoms with E-state index < -0.39 is 0 Å². The minimum absolute atomic E-state index is 0.0541. The third-order valence-corrected chi connectivity index (χ3v) is 5.77. The molecule has 7 heteroatoms. The summed E-state index contributed by atoms with van der Waals surface area (Å²) in [7, 11) is 1.83. The first-order valence-electron chi connectivity index (χ1n) is 11.7. The zero-order valence-corrected chi connectivity index (χ0v) is 20.0. The first-order chi connectivity index (χ1) is 16.5. The summed E-state index contributed by atoms with van der Waals surface area (Å²) in [6.07, 6.45) is 1.75. The van der Waals surface area contributed by atoms with Gasteiger partial charge in [-0.25, -0.2) is 9.67 Å². The molecule has 2 aromatic heterocycles. The number of aromatic nitrogens is 3. The number of nitrogens with one attached hydrogen (secondary N) is 1. The van der Waals surface area contributed by atoms with Gasteiger partial charge in [-0.1, -0.05) is 48.5 Å². The van der Waals surface area contributed by atoms with E-state index in [1.165, 1.54) is 0 Å². The largest absolute Gasteiger partial charge is 0.337 e. The van der Waals surface area contributed by atoms with Crippen LogP contribution in [0, 0.1) is 0 Å². The zero-order valence-electron chi connectivity index (χ0n) is 20.0. The Kier molecular flexibility index (Phi) is 7.35. The van der Waals surface area contributed by atoms with Crippen molar-refractivity contribution < 1.29 is 4.79 Å². The zero-order chi connectivity index (χ0) is 24.1. The first kappa shape index (κ1) is 23.6. The van der Waals surface area contributed by atoms with Gasteiger partial charge in [-0.2, -0.15) is 5.10 Å². The lowest BCUT2D eigenvalue weighted by Crippen LogP contribution is -2.26. The van der Waals surface area contributed by atoms with Crippen molar-refractivity contribution in [1.82, 2.24) is 25.0 Å². The van der Waals surface area contributed by atoms with Gasteiger partial charge in [0.1, 0.15) is 0 Å². The summed E-state index contributed by atoms with van der Waals surface area (Å²) >= 11 is 0. The second-order valence-electron chi connectivity index (χ2n) is 8.79. The Morgan fingerprint density at radius 2 is 1.85 bits per heavy atom. The van der Waals surface area contributed by atoms with Crippen LogP contribution in [-0.4, -0.2) is 45.7 Å². The van der Waals surface area contributed by atoms with Crippen molar-refractivity contribution in [2.75, 3.05) is 20.1 Å². The molecule has 0 saturated heterocycles. The minimum atomic E-state index is -0.0541. The van der Waals surface area contributed by atoms with Crippen molar-refractivity contribution in [2.24, 2.45) is 5.73 Å². The number of nitrogens with two attached hydrogens (primary N) is 1. The Bertz CT molecular complexity index is 1260. The highest BCUT2D eigenvalue weighted by molar-refractivity contribution is 6.06. The fourth-order valence-electron chi connectivity index (χ4n) is 4.03. The van der Waals surface area contributed by atoms with Crippen molar-refractivity contribution in [3.8, 4) is 11.3 Å². The number of amides is 1. The molecule has 1 amide bonds. The third-order valence-electron chi connectivity index (χ3n) is 5.77. The number of benzene rings is 2. The molecule has 2 heterocycles. The average Bonchev–Trinajstić information content (AvgIpc) is 3.28. The Balaban J connectivity index is 1.75. The molecule has 0 bridgehead atoms. The van der Waals surface area contributed by atoms with E-state index in [-0.39, 0.29) is 11.9 Å². The molecule has 0 atom stereocenters. The van der Waals surface area contributed by atoms with Gasteiger partial charge in [0.05, 0.1) is 22.8 Å². The summed E-state index contributed by atoms with van der Waals surface area (Å²) in [4.78, 5) is 20.3. The molecule has 2 aromatic carbocycles. The van der Waals surface area contributed by atoms with Crippen LogP contribution >= 0.6 is 0 Å². The summed E-state index contributed by atoms with van der Waals surface area (Å²) in [5.74, 6) is -0.0541. The number of rotatable bonds is 9. The molecule has 3 N–H and O–H groups in total. The number of fused-ring (bicyclic) bond motifs is 1. The van der Waals surface area contributed by atoms with Crippen molar-refractivity contribution in [1.29, 1.82) is 0 Å². The second-order valence-corrected chi connectivity index (χ2v) is 8.79. The molecule has 34 heavy (non-hydrogen) atoms. The quantitative estimate of drug-likeness (QED) is 0.372. The number of carbonyl (C=O) groups excluding carboxylic acids is 1. The number of hydrogen-bond donors (Lipinski definition) is 2. The number of carbonyl (C=O) groups is 1. The lowest BCUT2D eigenvalue weighted by Gasteiger charge is -2.19. The Morgan fingerprint density at radius 3 is 2.59 bits per heavy atom. The van der Waals surface area contributed by atoms with Crippen LogP contribution in [0.5, 0.6) is 0 Å². The summed E-state index contributed by atoms with van der Waals surface area (Å²) in [6.45, 7) is 6.73. The van der Waals surface area contributed by atoms with E-state index in [2.05, 4.69) is 36.4 Å². The standard InChI is InChI=1S/C27H32N6O/c1-19(2)33-26-24(17-30-33)23(27(34)32(3)18-20-8-5-4-6-9-20)15-25(31-26)22-11-7-10-21(14-22)16-29-13-12-28/h4-11,14-15,17,19,29H,12-13,16,18,28H2,1-3H3. The molecule has 0 unspecified atom stereocenters. The maximum Gasteiger partial charge on any atom is 0.254 e. The molecule has 0 saturated carbocycles. The van der Waals surface area contributed by atoms with Crippen LogP contribution < -0.4 is 11.1 Å². The Labute approximate surface area is 200 Å². The summed E-state index contributed by atoms with van der Waals surface area (Å²) in [5, 5.41) is 8.64. The Morgan fingerprint density at radius 1 is 1.09 bits per heavy atom. The van der Waals surface area contributed by atoms with Crippen LogP contribution in [0.25, 0.3) is 22.3 Å². The Hall–Kier alpha value is -3.55. The summed E-state index contributed by atoms with van der Waals surface area (Å²) in [5.41, 5.74) is 10.9. The van der Waals surface area contributed by atoms with E-state index in [4.69, 9.17) is 10.7 Å². The molecule has 0 fully saturated rings. The van der Waals surface area contributed by atoms with Crippen LogP contribution in [0.2, 0.25) is 0 Å². The second kappa shape index (κ2) is 10.6. The normalized spacial score (nSPS) is 11.3. The van der Waals surface area contributed by atoms with Gasteiger partial charge in [-0.3, -0.25) is 4.79 Å². The van der Waals surface area contributed by atoms with Crippen molar-refractivity contribution >= 4 is 16.9 Å². The molecule has 0 aliphatic rings. The monoisotopic (exact) mass is 456 g/mol. The molecule has 4 aromatic rings. The highest BCUT2D eigenvalue weighted by Gasteiger charge is 2.21. The molecule has 0 spiro atoms. The lowest BCUT2D eigenvalue weighted by molar-refractivity contribution is 0.0787. The van der Waals surface area contributed by atoms with Gasteiger partial charge in [0.25, 0.3) is 5.91 Å². The molecule has 176 valence electrons. The molecule has 0 aliphatic carbocycles. The van der Waals surface area contributed by atoms with Crippen LogP contribution in [0.15, 0.2) is 66.9 Å². The number of pyridine rings is 1. The van der Waals surface area contributed by atoms with E-state index >= 15 is 0 Å². The smallest absolute Gasteiger partial charge is 0.254 e. The van der Waals surface area contributed by atoms with Gasteiger partial charge in [-0.05, 0) is 37.1 Å². The fraction of sp³-hybridized carbons (Fsp3) is 0.296. The topological polar surface area (TPSA) is 89.1 Å². The van der Waals surface area contributed by atoms with Gasteiger partial charge in [0.2, 0.25) is 0 Å². The highest BCUT2D eigenvalue weighted by Crippen LogP contribution is 2.28. The van der Waals surface area contributed by atoms with Gasteiger partial charge in [-0.15, -0.1) is 0 Å². The molecule has 0 aliphatic heterocycles. The van der Waals surface area contributed by atoms with Crippen LogP contribution in [0.4, 0.5) is 0 Å². The molecule has 7 nitrogen and oxygen atoms in total. The molecular weight excluding hydrogens is 424 g/mol. The van der Waals surface area contributed by atoms with E-state index in [9.17, 15) is 4.79 Å². The van der Waals surface area contributed by atoms with E-state index in [0.29, 0.717) is 18.7 Å². The van der Waals surface area contributed by atoms with Gasteiger partial charge in [0, 0.05) is 44.8 Å². The van der Waals surface area contributed by atoms with Crippen molar-refractivity contribution in [3.05, 3.63) is 83.6 Å². The van der Waals surface area contributed by atoms with Crippen LogP contribution in [0.1, 0.15) is 41.4 Å². The lowest BCUT2D eigenvalue weighted by atomic mass is 10.0. The third kappa shape index (κ3) is 5.16. The first-order valence-corrected chi connectivity index (χ1v) is 11.7. The van der Waals surface area contributed by atoms with E-state index in [1.54, 1.807) is 11.1 Å². The summed E-state index contributed by atoms with van der Waals surface area (Å²) in [6, 6.07) is 20.2. The minimum Gasteiger partial charge on any atom is -0.337 e. The number of nitrogens with zero attached hydrogens (tertiary/aromatic N) is 4. The predicted octanol–water partition coefficient (Wildman–Crippen LogP) is 4.00. The maximum absolute atomic E-state index is 13.6. The van der Waals surface area contributed by atoms with E-state index in [0.717, 1.165) is 46.5 Å². The predicted molar refractivity (Wildman–Crippen MR) is 136 cm³/mol. The fourth-order valence-corrected chi connectivity index (χ4v) is 4.03. The van der Waals surface area contributed by atoms with Crippen LogP contribution in [-0.2, 0) is 13.1 Å². The molecular formula is C27H32N6O. The van der Waals surface area contributed by atoms with Gasteiger partial charge in [0.15, 0.2) is 5.65 Å².